The van der Waals surface area contributed by atoms with Crippen LogP contribution in [0.4, 0.5) is 0 Å². The zero-order chi connectivity index (χ0) is 20.4. The summed E-state index contributed by atoms with van der Waals surface area (Å²) in [5.41, 5.74) is 5.76. The van der Waals surface area contributed by atoms with Gasteiger partial charge in [-0.3, -0.25) is 9.78 Å². The summed E-state index contributed by atoms with van der Waals surface area (Å²) in [6, 6.07) is 5.95. The summed E-state index contributed by atoms with van der Waals surface area (Å²) in [5, 5.41) is 12.4. The standard InChI is InChI=1S/C22H18N6O2/c1-10-18(11(2)30-28-10)13-7-15(20-17(8-13)24-21(25-20)12-3-4-12)19-14-5-6-23-9-16(14)22(29)27-26-19/h5-9,12H,3-4H2,1-2H3,(H,24,25)(H,27,29). The number of hydrogen-bond acceptors (Lipinski definition) is 6. The van der Waals surface area contributed by atoms with Crippen molar-refractivity contribution in [3.8, 4) is 22.4 Å². The predicted molar refractivity (Wildman–Crippen MR) is 112 cm³/mol. The molecule has 4 aromatic heterocycles. The molecule has 8 nitrogen and oxygen atoms in total. The molecule has 8 heteroatoms. The molecule has 30 heavy (non-hydrogen) atoms. The van der Waals surface area contributed by atoms with E-state index in [0.717, 1.165) is 63.2 Å². The van der Waals surface area contributed by atoms with Crippen molar-refractivity contribution >= 4 is 21.8 Å². The van der Waals surface area contributed by atoms with Crippen molar-refractivity contribution in [3.05, 3.63) is 58.2 Å². The van der Waals surface area contributed by atoms with E-state index < -0.39 is 0 Å². The van der Waals surface area contributed by atoms with Gasteiger partial charge in [0.2, 0.25) is 0 Å². The van der Waals surface area contributed by atoms with Crippen LogP contribution in [0.25, 0.3) is 44.2 Å². The van der Waals surface area contributed by atoms with Gasteiger partial charge < -0.3 is 9.51 Å². The van der Waals surface area contributed by atoms with E-state index in [2.05, 4.69) is 31.4 Å². The molecule has 1 saturated carbocycles. The molecule has 0 amide bonds. The molecule has 2 N–H and O–H groups in total. The van der Waals surface area contributed by atoms with Crippen LogP contribution in [0, 0.1) is 13.8 Å². The number of H-pyrrole nitrogens is 2. The summed E-state index contributed by atoms with van der Waals surface area (Å²) in [4.78, 5) is 24.8. The minimum atomic E-state index is -0.263. The number of nitrogens with one attached hydrogen (secondary N) is 2. The third-order valence-corrected chi connectivity index (χ3v) is 5.74. The molecule has 1 fully saturated rings. The highest BCUT2D eigenvalue weighted by Crippen LogP contribution is 2.42. The molecule has 5 aromatic rings. The number of aromatic amines is 2. The van der Waals surface area contributed by atoms with Crippen LogP contribution in [0.5, 0.6) is 0 Å². The molecule has 1 aliphatic rings. The number of nitrogens with zero attached hydrogens (tertiary/aromatic N) is 4. The van der Waals surface area contributed by atoms with Gasteiger partial charge >= 0.3 is 0 Å². The number of pyridine rings is 1. The fourth-order valence-electron chi connectivity index (χ4n) is 4.12. The van der Waals surface area contributed by atoms with Crippen molar-refractivity contribution in [1.82, 2.24) is 30.3 Å². The van der Waals surface area contributed by atoms with Gasteiger partial charge in [-0.25, -0.2) is 10.1 Å². The molecular weight excluding hydrogens is 380 g/mol. The van der Waals surface area contributed by atoms with Gasteiger partial charge in [0.1, 0.15) is 17.3 Å². The molecule has 148 valence electrons. The highest BCUT2D eigenvalue weighted by molar-refractivity contribution is 6.03. The Bertz CT molecular complexity index is 1490. The summed E-state index contributed by atoms with van der Waals surface area (Å²) < 4.78 is 5.40. The minimum Gasteiger partial charge on any atom is -0.361 e. The zero-order valence-electron chi connectivity index (χ0n) is 16.5. The van der Waals surface area contributed by atoms with E-state index in [4.69, 9.17) is 9.51 Å². The third kappa shape index (κ3) is 2.50. The summed E-state index contributed by atoms with van der Waals surface area (Å²) >= 11 is 0. The number of benzene rings is 1. The smallest absolute Gasteiger partial charge is 0.273 e. The normalized spacial score (nSPS) is 14.1. The van der Waals surface area contributed by atoms with Crippen LogP contribution >= 0.6 is 0 Å². The van der Waals surface area contributed by atoms with Crippen molar-refractivity contribution < 1.29 is 4.52 Å². The summed E-state index contributed by atoms with van der Waals surface area (Å²) in [5.74, 6) is 2.23. The molecule has 0 spiro atoms. The van der Waals surface area contributed by atoms with Crippen LogP contribution in [0.1, 0.15) is 36.0 Å². The molecule has 0 bridgehead atoms. The first-order valence-electron chi connectivity index (χ1n) is 9.90. The highest BCUT2D eigenvalue weighted by Gasteiger charge is 2.28. The Kier molecular flexibility index (Phi) is 3.47. The van der Waals surface area contributed by atoms with Crippen molar-refractivity contribution in [1.29, 1.82) is 0 Å². The van der Waals surface area contributed by atoms with E-state index >= 15 is 0 Å². The lowest BCUT2D eigenvalue weighted by atomic mass is 9.97. The number of aromatic nitrogens is 6. The van der Waals surface area contributed by atoms with Gasteiger partial charge in [0.25, 0.3) is 5.56 Å². The average Bonchev–Trinajstić information content (AvgIpc) is 3.43. The monoisotopic (exact) mass is 398 g/mol. The fraction of sp³-hybridized carbons (Fsp3) is 0.227. The molecule has 0 atom stereocenters. The Morgan fingerprint density at radius 2 is 2.03 bits per heavy atom. The molecule has 0 saturated heterocycles. The van der Waals surface area contributed by atoms with Crippen molar-refractivity contribution in [2.24, 2.45) is 0 Å². The molecule has 0 unspecified atom stereocenters. The van der Waals surface area contributed by atoms with Crippen LogP contribution in [0.2, 0.25) is 0 Å². The first kappa shape index (κ1) is 17.1. The quantitative estimate of drug-likeness (QED) is 0.475. The second-order valence-corrected chi connectivity index (χ2v) is 7.84. The lowest BCUT2D eigenvalue weighted by molar-refractivity contribution is 0.393. The van der Waals surface area contributed by atoms with Gasteiger partial charge in [-0.15, -0.1) is 0 Å². The predicted octanol–water partition coefficient (Wildman–Crippen LogP) is 4.01. The topological polar surface area (TPSA) is 113 Å². The van der Waals surface area contributed by atoms with Crippen molar-refractivity contribution in [2.75, 3.05) is 0 Å². The van der Waals surface area contributed by atoms with E-state index in [1.54, 1.807) is 12.4 Å². The van der Waals surface area contributed by atoms with E-state index in [9.17, 15) is 4.79 Å². The van der Waals surface area contributed by atoms with Crippen LogP contribution in [-0.4, -0.2) is 30.3 Å². The Morgan fingerprint density at radius 3 is 2.80 bits per heavy atom. The first-order valence-corrected chi connectivity index (χ1v) is 9.90. The Balaban J connectivity index is 1.71. The third-order valence-electron chi connectivity index (χ3n) is 5.74. The van der Waals surface area contributed by atoms with Crippen LogP contribution < -0.4 is 5.56 Å². The minimum absolute atomic E-state index is 0.263. The van der Waals surface area contributed by atoms with Crippen LogP contribution in [0.3, 0.4) is 0 Å². The van der Waals surface area contributed by atoms with E-state index in [0.29, 0.717) is 17.0 Å². The molecule has 6 rings (SSSR count). The van der Waals surface area contributed by atoms with Crippen molar-refractivity contribution in [3.63, 3.8) is 0 Å². The second-order valence-electron chi connectivity index (χ2n) is 7.84. The summed E-state index contributed by atoms with van der Waals surface area (Å²) in [6.45, 7) is 3.83. The maximum absolute atomic E-state index is 12.3. The number of hydrogen-bond donors (Lipinski definition) is 2. The number of aryl methyl sites for hydroxylation is 2. The lowest BCUT2D eigenvalue weighted by Crippen LogP contribution is -2.09. The molecule has 0 radical (unpaired) electrons. The average molecular weight is 398 g/mol. The Labute approximate surface area is 170 Å². The van der Waals surface area contributed by atoms with Gasteiger partial charge in [-0.05, 0) is 50.5 Å². The van der Waals surface area contributed by atoms with Gasteiger partial charge in [-0.2, -0.15) is 5.10 Å². The number of fused-ring (bicyclic) bond motifs is 2. The largest absolute Gasteiger partial charge is 0.361 e. The molecule has 0 aliphatic heterocycles. The van der Waals surface area contributed by atoms with Gasteiger partial charge in [0, 0.05) is 34.8 Å². The van der Waals surface area contributed by atoms with Crippen LogP contribution in [-0.2, 0) is 0 Å². The lowest BCUT2D eigenvalue weighted by Gasteiger charge is -2.09. The molecule has 1 aromatic carbocycles. The van der Waals surface area contributed by atoms with E-state index in [1.165, 1.54) is 0 Å². The second kappa shape index (κ2) is 6.09. The number of rotatable bonds is 3. The van der Waals surface area contributed by atoms with Crippen LogP contribution in [0.15, 0.2) is 39.9 Å². The van der Waals surface area contributed by atoms with Crippen molar-refractivity contribution in [2.45, 2.75) is 32.6 Å². The molecule has 1 aliphatic carbocycles. The molecular formula is C22H18N6O2. The number of imidazole rings is 1. The Hall–Kier alpha value is -3.81. The zero-order valence-corrected chi connectivity index (χ0v) is 16.5. The maximum atomic E-state index is 12.3. The SMILES string of the molecule is Cc1noc(C)c1-c1cc(-c2n[nH]c(=O)c3cnccc23)c2nc(C3CC3)[nH]c2c1. The summed E-state index contributed by atoms with van der Waals surface area (Å²) in [6.07, 6.45) is 5.53. The Morgan fingerprint density at radius 1 is 1.17 bits per heavy atom. The van der Waals surface area contributed by atoms with E-state index in [1.807, 2.05) is 26.0 Å². The van der Waals surface area contributed by atoms with Gasteiger partial charge in [-0.1, -0.05) is 5.16 Å². The van der Waals surface area contributed by atoms with E-state index in [-0.39, 0.29) is 5.56 Å². The van der Waals surface area contributed by atoms with Gasteiger partial charge in [0.15, 0.2) is 0 Å². The molecule has 4 heterocycles. The fourth-order valence-corrected chi connectivity index (χ4v) is 4.12. The highest BCUT2D eigenvalue weighted by atomic mass is 16.5. The maximum Gasteiger partial charge on any atom is 0.273 e. The first-order chi connectivity index (χ1) is 14.6. The summed E-state index contributed by atoms with van der Waals surface area (Å²) in [7, 11) is 0. The van der Waals surface area contributed by atoms with Gasteiger partial charge in [0.05, 0.1) is 22.1 Å².